The second kappa shape index (κ2) is 7.00. The van der Waals surface area contributed by atoms with Gasteiger partial charge in [0.15, 0.2) is 5.75 Å². The Hall–Kier alpha value is -0.950. The molecule has 0 atom stereocenters. The molecule has 0 fully saturated rings. The minimum Gasteiger partial charge on any atom is -0.404 e. The number of halogens is 4. The molecular formula is C12H15BrF3NO2. The number of hydrogen-bond donors (Lipinski definition) is 1. The first-order valence-electron chi connectivity index (χ1n) is 5.68. The fourth-order valence-electron chi connectivity index (χ4n) is 1.33. The van der Waals surface area contributed by atoms with Crippen LogP contribution in [0.25, 0.3) is 0 Å². The van der Waals surface area contributed by atoms with E-state index in [1.807, 2.05) is 13.8 Å². The van der Waals surface area contributed by atoms with Crippen LogP contribution in [0.2, 0.25) is 0 Å². The smallest absolute Gasteiger partial charge is 0.404 e. The minimum absolute atomic E-state index is 0.0811. The highest BCUT2D eigenvalue weighted by molar-refractivity contribution is 9.10. The maximum absolute atomic E-state index is 12.3. The molecule has 0 radical (unpaired) electrons. The third kappa shape index (κ3) is 6.68. The number of benzene rings is 1. The summed E-state index contributed by atoms with van der Waals surface area (Å²) in [6.07, 6.45) is -4.64. The van der Waals surface area contributed by atoms with Crippen LogP contribution >= 0.6 is 15.9 Å². The summed E-state index contributed by atoms with van der Waals surface area (Å²) >= 11 is 3.10. The SMILES string of the molecule is CC(C)OCCNc1ccc(Br)cc1OC(F)(F)F. The lowest BCUT2D eigenvalue weighted by Crippen LogP contribution is -2.19. The van der Waals surface area contributed by atoms with E-state index < -0.39 is 6.36 Å². The van der Waals surface area contributed by atoms with Gasteiger partial charge in [0.1, 0.15) is 0 Å². The van der Waals surface area contributed by atoms with Crippen molar-refractivity contribution in [3.8, 4) is 5.75 Å². The lowest BCUT2D eigenvalue weighted by Gasteiger charge is -2.15. The Morgan fingerprint density at radius 1 is 1.32 bits per heavy atom. The highest BCUT2D eigenvalue weighted by Gasteiger charge is 2.32. The molecule has 19 heavy (non-hydrogen) atoms. The Morgan fingerprint density at radius 3 is 2.58 bits per heavy atom. The molecule has 0 aliphatic carbocycles. The van der Waals surface area contributed by atoms with Gasteiger partial charge in [-0.15, -0.1) is 13.2 Å². The van der Waals surface area contributed by atoms with Crippen molar-refractivity contribution in [3.05, 3.63) is 22.7 Å². The zero-order valence-electron chi connectivity index (χ0n) is 10.6. The molecule has 0 unspecified atom stereocenters. The Bertz CT molecular complexity index is 410. The van der Waals surface area contributed by atoms with Crippen molar-refractivity contribution in [2.24, 2.45) is 0 Å². The molecule has 0 spiro atoms. The summed E-state index contributed by atoms with van der Waals surface area (Å²) in [4.78, 5) is 0. The molecule has 1 rings (SSSR count). The van der Waals surface area contributed by atoms with Crippen LogP contribution in [0.1, 0.15) is 13.8 Å². The first-order chi connectivity index (χ1) is 8.78. The van der Waals surface area contributed by atoms with Gasteiger partial charge in [0.2, 0.25) is 0 Å². The van der Waals surface area contributed by atoms with Crippen molar-refractivity contribution in [2.75, 3.05) is 18.5 Å². The van der Waals surface area contributed by atoms with E-state index in [-0.39, 0.29) is 17.5 Å². The molecule has 1 N–H and O–H groups in total. The number of hydrogen-bond acceptors (Lipinski definition) is 3. The van der Waals surface area contributed by atoms with Crippen molar-refractivity contribution in [3.63, 3.8) is 0 Å². The predicted octanol–water partition coefficient (Wildman–Crippen LogP) is 4.18. The largest absolute Gasteiger partial charge is 0.573 e. The molecular weight excluding hydrogens is 327 g/mol. The normalized spacial score (nSPS) is 11.7. The Kier molecular flexibility index (Phi) is 5.93. The van der Waals surface area contributed by atoms with Crippen molar-refractivity contribution in [1.82, 2.24) is 0 Å². The highest BCUT2D eigenvalue weighted by Crippen LogP contribution is 2.32. The van der Waals surface area contributed by atoms with E-state index in [9.17, 15) is 13.2 Å². The monoisotopic (exact) mass is 341 g/mol. The molecule has 0 aliphatic heterocycles. The number of rotatable bonds is 6. The van der Waals surface area contributed by atoms with Gasteiger partial charge in [-0.3, -0.25) is 0 Å². The number of alkyl halides is 3. The fourth-order valence-corrected chi connectivity index (χ4v) is 1.67. The molecule has 0 saturated heterocycles. The lowest BCUT2D eigenvalue weighted by atomic mass is 10.3. The van der Waals surface area contributed by atoms with Crippen LogP contribution in [-0.2, 0) is 4.74 Å². The zero-order valence-corrected chi connectivity index (χ0v) is 12.1. The van der Waals surface area contributed by atoms with Gasteiger partial charge in [0, 0.05) is 11.0 Å². The van der Waals surface area contributed by atoms with Gasteiger partial charge in [-0.1, -0.05) is 15.9 Å². The van der Waals surface area contributed by atoms with Crippen molar-refractivity contribution >= 4 is 21.6 Å². The third-order valence-corrected chi connectivity index (χ3v) is 2.53. The molecule has 0 bridgehead atoms. The predicted molar refractivity (Wildman–Crippen MR) is 70.4 cm³/mol. The van der Waals surface area contributed by atoms with Crippen molar-refractivity contribution in [1.29, 1.82) is 0 Å². The van der Waals surface area contributed by atoms with Crippen LogP contribution in [0.3, 0.4) is 0 Å². The van der Waals surface area contributed by atoms with Crippen LogP contribution in [0, 0.1) is 0 Å². The second-order valence-electron chi connectivity index (χ2n) is 4.03. The van der Waals surface area contributed by atoms with Crippen LogP contribution < -0.4 is 10.1 Å². The van der Waals surface area contributed by atoms with Gasteiger partial charge < -0.3 is 14.8 Å². The van der Waals surface area contributed by atoms with E-state index in [2.05, 4.69) is 26.0 Å². The summed E-state index contributed by atoms with van der Waals surface area (Å²) in [6.45, 7) is 4.57. The van der Waals surface area contributed by atoms with E-state index in [0.717, 1.165) is 0 Å². The summed E-state index contributed by atoms with van der Waals surface area (Å²) in [7, 11) is 0. The Labute approximate surface area is 118 Å². The molecule has 0 amide bonds. The first-order valence-corrected chi connectivity index (χ1v) is 6.48. The van der Waals surface area contributed by atoms with Crippen molar-refractivity contribution in [2.45, 2.75) is 26.3 Å². The van der Waals surface area contributed by atoms with E-state index in [4.69, 9.17) is 4.74 Å². The van der Waals surface area contributed by atoms with Gasteiger partial charge >= 0.3 is 6.36 Å². The molecule has 1 aromatic carbocycles. The van der Waals surface area contributed by atoms with Crippen LogP contribution in [0.4, 0.5) is 18.9 Å². The summed E-state index contributed by atoms with van der Waals surface area (Å²) < 4.78 is 46.5. The minimum atomic E-state index is -4.72. The average Bonchev–Trinajstić information content (AvgIpc) is 2.24. The van der Waals surface area contributed by atoms with Crippen LogP contribution in [0.15, 0.2) is 22.7 Å². The van der Waals surface area contributed by atoms with Crippen LogP contribution in [-0.4, -0.2) is 25.6 Å². The molecule has 0 heterocycles. The molecule has 3 nitrogen and oxygen atoms in total. The third-order valence-electron chi connectivity index (χ3n) is 2.04. The maximum atomic E-state index is 12.3. The average molecular weight is 342 g/mol. The maximum Gasteiger partial charge on any atom is 0.573 e. The summed E-state index contributed by atoms with van der Waals surface area (Å²) in [5, 5.41) is 2.85. The number of nitrogens with one attached hydrogen (secondary N) is 1. The fraction of sp³-hybridized carbons (Fsp3) is 0.500. The van der Waals surface area contributed by atoms with Crippen molar-refractivity contribution < 1.29 is 22.6 Å². The summed E-state index contributed by atoms with van der Waals surface area (Å²) in [6, 6.07) is 4.41. The van der Waals surface area contributed by atoms with E-state index >= 15 is 0 Å². The van der Waals surface area contributed by atoms with Gasteiger partial charge in [-0.05, 0) is 32.0 Å². The first kappa shape index (κ1) is 16.1. The van der Waals surface area contributed by atoms with E-state index in [1.54, 1.807) is 6.07 Å². The van der Waals surface area contributed by atoms with E-state index in [0.29, 0.717) is 17.6 Å². The summed E-state index contributed by atoms with van der Waals surface area (Å²) in [5.41, 5.74) is 0.271. The Balaban J connectivity index is 2.66. The van der Waals surface area contributed by atoms with Crippen LogP contribution in [0.5, 0.6) is 5.75 Å². The molecule has 0 aromatic heterocycles. The summed E-state index contributed by atoms with van der Waals surface area (Å²) in [5.74, 6) is -0.272. The topological polar surface area (TPSA) is 30.5 Å². The molecule has 7 heteroatoms. The van der Waals surface area contributed by atoms with Gasteiger partial charge in [0.05, 0.1) is 18.4 Å². The highest BCUT2D eigenvalue weighted by atomic mass is 79.9. The molecule has 0 saturated carbocycles. The lowest BCUT2D eigenvalue weighted by molar-refractivity contribution is -0.274. The van der Waals surface area contributed by atoms with Gasteiger partial charge in [-0.25, -0.2) is 0 Å². The molecule has 0 aliphatic rings. The molecule has 1 aromatic rings. The second-order valence-corrected chi connectivity index (χ2v) is 4.95. The number of ether oxygens (including phenoxy) is 2. The zero-order chi connectivity index (χ0) is 14.5. The van der Waals surface area contributed by atoms with E-state index in [1.165, 1.54) is 12.1 Å². The standard InChI is InChI=1S/C12H15BrF3NO2/c1-8(2)18-6-5-17-10-4-3-9(13)7-11(10)19-12(14,15)16/h3-4,7-8,17H,5-6H2,1-2H3. The quantitative estimate of drug-likeness (QED) is 0.787. The molecule has 108 valence electrons. The van der Waals surface area contributed by atoms with Gasteiger partial charge in [0.25, 0.3) is 0 Å². The number of anilines is 1. The van der Waals surface area contributed by atoms with Gasteiger partial charge in [-0.2, -0.15) is 0 Å². The Morgan fingerprint density at radius 2 is 2.00 bits per heavy atom.